The quantitative estimate of drug-likeness (QED) is 0.608. The number of hydrogen-bond donors (Lipinski definition) is 1. The Morgan fingerprint density at radius 1 is 1.50 bits per heavy atom. The van der Waals surface area contributed by atoms with Gasteiger partial charge in [-0.3, -0.25) is 0 Å². The second-order valence-electron chi connectivity index (χ2n) is 3.55. The highest BCUT2D eigenvalue weighted by Crippen LogP contribution is 2.24. The van der Waals surface area contributed by atoms with Crippen molar-refractivity contribution in [3.63, 3.8) is 0 Å². The van der Waals surface area contributed by atoms with Gasteiger partial charge in [0.25, 0.3) is 0 Å². The van der Waals surface area contributed by atoms with Gasteiger partial charge in [-0.2, -0.15) is 0 Å². The van der Waals surface area contributed by atoms with E-state index in [1.54, 1.807) is 13.0 Å². The van der Waals surface area contributed by atoms with Crippen molar-refractivity contribution in [3.05, 3.63) is 48.6 Å². The molecule has 0 spiro atoms. The van der Waals surface area contributed by atoms with Gasteiger partial charge in [0.15, 0.2) is 0 Å². The summed E-state index contributed by atoms with van der Waals surface area (Å²) in [5, 5.41) is 0. The van der Waals surface area contributed by atoms with Crippen LogP contribution >= 0.6 is 0 Å². The third-order valence-electron chi connectivity index (χ3n) is 2.39. The lowest BCUT2D eigenvalue weighted by Crippen LogP contribution is -2.45. The molecule has 0 saturated heterocycles. The predicted octanol–water partition coefficient (Wildman–Crippen LogP) is 1.98. The molecular weight excluding hydrogens is 202 g/mol. The zero-order valence-electron chi connectivity index (χ0n) is 9.48. The van der Waals surface area contributed by atoms with E-state index in [1.807, 2.05) is 30.3 Å². The van der Waals surface area contributed by atoms with E-state index in [-0.39, 0.29) is 0 Å². The van der Waals surface area contributed by atoms with Gasteiger partial charge in [-0.15, -0.1) is 6.58 Å². The molecule has 0 aromatic heterocycles. The summed E-state index contributed by atoms with van der Waals surface area (Å²) in [6.45, 7) is 5.71. The average Bonchev–Trinajstić information content (AvgIpc) is 2.30. The summed E-state index contributed by atoms with van der Waals surface area (Å²) in [5.41, 5.74) is 5.73. The molecule has 0 bridgehead atoms. The van der Waals surface area contributed by atoms with Crippen LogP contribution in [0.4, 0.5) is 0 Å². The Morgan fingerprint density at radius 2 is 2.12 bits per heavy atom. The topological polar surface area (TPSA) is 52.3 Å². The molecule has 0 radical (unpaired) electrons. The minimum absolute atomic E-state index is 0.321. The predicted molar refractivity (Wildman–Crippen MR) is 63.8 cm³/mol. The van der Waals surface area contributed by atoms with Gasteiger partial charge in [0.2, 0.25) is 0 Å². The summed E-state index contributed by atoms with van der Waals surface area (Å²) in [6.07, 6.45) is 1.99. The molecule has 0 aliphatic carbocycles. The van der Waals surface area contributed by atoms with Gasteiger partial charge in [0.05, 0.1) is 6.61 Å². The SMILES string of the molecule is C=CC[C@](N)(C(=O)OCC)c1ccccc1. The van der Waals surface area contributed by atoms with Crippen molar-refractivity contribution in [3.8, 4) is 0 Å². The second kappa shape index (κ2) is 5.47. The van der Waals surface area contributed by atoms with Gasteiger partial charge >= 0.3 is 5.97 Å². The molecule has 1 aromatic carbocycles. The molecule has 1 rings (SSSR count). The fourth-order valence-corrected chi connectivity index (χ4v) is 1.54. The van der Waals surface area contributed by atoms with E-state index < -0.39 is 11.5 Å². The highest BCUT2D eigenvalue weighted by Gasteiger charge is 2.36. The van der Waals surface area contributed by atoms with Gasteiger partial charge in [0, 0.05) is 0 Å². The number of nitrogens with two attached hydrogens (primary N) is 1. The van der Waals surface area contributed by atoms with E-state index in [1.165, 1.54) is 0 Å². The molecule has 3 nitrogen and oxygen atoms in total. The summed E-state index contributed by atoms with van der Waals surface area (Å²) in [4.78, 5) is 11.9. The van der Waals surface area contributed by atoms with Crippen LogP contribution in [0.3, 0.4) is 0 Å². The maximum Gasteiger partial charge on any atom is 0.331 e. The van der Waals surface area contributed by atoms with Crippen LogP contribution in [0.2, 0.25) is 0 Å². The first kappa shape index (κ1) is 12.5. The Balaban J connectivity index is 3.05. The first-order valence-electron chi connectivity index (χ1n) is 5.27. The second-order valence-corrected chi connectivity index (χ2v) is 3.55. The Hall–Kier alpha value is -1.61. The van der Waals surface area contributed by atoms with E-state index >= 15 is 0 Å². The zero-order chi connectivity index (χ0) is 12.0. The van der Waals surface area contributed by atoms with Crippen molar-refractivity contribution in [2.24, 2.45) is 5.73 Å². The number of rotatable bonds is 5. The molecule has 0 saturated carbocycles. The summed E-state index contributed by atoms with van der Waals surface area (Å²) in [6, 6.07) is 9.21. The zero-order valence-corrected chi connectivity index (χ0v) is 9.48. The van der Waals surface area contributed by atoms with Crippen molar-refractivity contribution in [1.29, 1.82) is 0 Å². The largest absolute Gasteiger partial charge is 0.464 e. The number of benzene rings is 1. The molecule has 16 heavy (non-hydrogen) atoms. The minimum Gasteiger partial charge on any atom is -0.464 e. The lowest BCUT2D eigenvalue weighted by atomic mass is 9.88. The number of esters is 1. The van der Waals surface area contributed by atoms with Crippen LogP contribution in [0.1, 0.15) is 18.9 Å². The van der Waals surface area contributed by atoms with Crippen LogP contribution in [0.25, 0.3) is 0 Å². The van der Waals surface area contributed by atoms with E-state index in [0.717, 1.165) is 5.56 Å². The number of carbonyl (C=O) groups excluding carboxylic acids is 1. The van der Waals surface area contributed by atoms with E-state index in [9.17, 15) is 4.79 Å². The van der Waals surface area contributed by atoms with E-state index in [4.69, 9.17) is 10.5 Å². The fraction of sp³-hybridized carbons (Fsp3) is 0.308. The summed E-state index contributed by atoms with van der Waals surface area (Å²) < 4.78 is 5.00. The summed E-state index contributed by atoms with van der Waals surface area (Å²) in [7, 11) is 0. The first-order chi connectivity index (χ1) is 7.65. The van der Waals surface area contributed by atoms with Crippen LogP contribution in [-0.2, 0) is 15.1 Å². The first-order valence-corrected chi connectivity index (χ1v) is 5.27. The number of carbonyl (C=O) groups is 1. The Morgan fingerprint density at radius 3 is 2.62 bits per heavy atom. The van der Waals surface area contributed by atoms with Crippen molar-refractivity contribution < 1.29 is 9.53 Å². The fourth-order valence-electron chi connectivity index (χ4n) is 1.54. The molecule has 0 heterocycles. The van der Waals surface area contributed by atoms with E-state index in [2.05, 4.69) is 6.58 Å². The number of hydrogen-bond acceptors (Lipinski definition) is 3. The number of ether oxygens (including phenoxy) is 1. The Kier molecular flexibility index (Phi) is 4.26. The van der Waals surface area contributed by atoms with Gasteiger partial charge in [0.1, 0.15) is 5.54 Å². The van der Waals surface area contributed by atoms with Gasteiger partial charge in [-0.25, -0.2) is 4.79 Å². The molecule has 0 unspecified atom stereocenters. The standard InChI is InChI=1S/C13H17NO2/c1-3-10-13(14,12(15)16-4-2)11-8-6-5-7-9-11/h3,5-9H,1,4,10,14H2,2H3/t13-/m1/s1. The van der Waals surface area contributed by atoms with Gasteiger partial charge < -0.3 is 10.5 Å². The lowest BCUT2D eigenvalue weighted by molar-refractivity contribution is -0.150. The monoisotopic (exact) mass is 219 g/mol. The molecule has 86 valence electrons. The van der Waals surface area contributed by atoms with Crippen LogP contribution in [0.5, 0.6) is 0 Å². The summed E-state index contributed by atoms with van der Waals surface area (Å²) >= 11 is 0. The van der Waals surface area contributed by atoms with Crippen molar-refractivity contribution in [1.82, 2.24) is 0 Å². The smallest absolute Gasteiger partial charge is 0.331 e. The van der Waals surface area contributed by atoms with Crippen LogP contribution in [0, 0.1) is 0 Å². The van der Waals surface area contributed by atoms with Crippen molar-refractivity contribution >= 4 is 5.97 Å². The lowest BCUT2D eigenvalue weighted by Gasteiger charge is -2.26. The Bertz CT molecular complexity index is 361. The third kappa shape index (κ3) is 2.49. The van der Waals surface area contributed by atoms with Gasteiger partial charge in [-0.05, 0) is 18.9 Å². The minimum atomic E-state index is -1.13. The van der Waals surface area contributed by atoms with Crippen LogP contribution < -0.4 is 5.73 Å². The normalized spacial score (nSPS) is 13.9. The Labute approximate surface area is 95.9 Å². The molecule has 0 amide bonds. The maximum absolute atomic E-state index is 11.9. The molecule has 1 atom stereocenters. The van der Waals surface area contributed by atoms with Crippen LogP contribution in [-0.4, -0.2) is 12.6 Å². The molecule has 3 heteroatoms. The van der Waals surface area contributed by atoms with Crippen molar-refractivity contribution in [2.45, 2.75) is 18.9 Å². The average molecular weight is 219 g/mol. The third-order valence-corrected chi connectivity index (χ3v) is 2.39. The summed E-state index contributed by atoms with van der Waals surface area (Å²) in [5.74, 6) is -0.416. The molecule has 0 aliphatic rings. The molecule has 0 fully saturated rings. The molecule has 0 aliphatic heterocycles. The molecule has 1 aromatic rings. The molecular formula is C13H17NO2. The molecule has 2 N–H and O–H groups in total. The van der Waals surface area contributed by atoms with E-state index in [0.29, 0.717) is 13.0 Å². The highest BCUT2D eigenvalue weighted by atomic mass is 16.5. The van der Waals surface area contributed by atoms with Gasteiger partial charge in [-0.1, -0.05) is 36.4 Å². The highest BCUT2D eigenvalue weighted by molar-refractivity contribution is 5.82. The maximum atomic E-state index is 11.9. The van der Waals surface area contributed by atoms with Crippen molar-refractivity contribution in [2.75, 3.05) is 6.61 Å². The van der Waals surface area contributed by atoms with Crippen LogP contribution in [0.15, 0.2) is 43.0 Å².